The molecule has 128 valence electrons. The highest BCUT2D eigenvalue weighted by molar-refractivity contribution is 5.97. The highest BCUT2D eigenvalue weighted by Gasteiger charge is 2.30. The number of carbonyl (C=O) groups excluding carboxylic acids is 1. The molecule has 0 atom stereocenters. The van der Waals surface area contributed by atoms with Gasteiger partial charge in [0, 0.05) is 5.56 Å². The lowest BCUT2D eigenvalue weighted by Gasteiger charge is -2.13. The molecule has 2 aromatic rings. The van der Waals surface area contributed by atoms with Crippen LogP contribution >= 0.6 is 0 Å². The Labute approximate surface area is 137 Å². The van der Waals surface area contributed by atoms with Crippen LogP contribution in [0, 0.1) is 0 Å². The molecule has 0 aliphatic rings. The van der Waals surface area contributed by atoms with Crippen molar-refractivity contribution in [2.75, 3.05) is 6.61 Å². The van der Waals surface area contributed by atoms with Crippen molar-refractivity contribution >= 4 is 5.78 Å². The van der Waals surface area contributed by atoms with E-state index in [1.54, 1.807) is 18.2 Å². The molecule has 0 spiro atoms. The maximum atomic E-state index is 12.7. The zero-order valence-electron chi connectivity index (χ0n) is 13.1. The van der Waals surface area contributed by atoms with Gasteiger partial charge in [0.15, 0.2) is 5.78 Å². The first-order chi connectivity index (χ1) is 11.3. The number of ketones is 1. The van der Waals surface area contributed by atoms with Gasteiger partial charge in [-0.1, -0.05) is 19.1 Å². The van der Waals surface area contributed by atoms with E-state index in [4.69, 9.17) is 9.84 Å². The van der Waals surface area contributed by atoms with E-state index in [2.05, 4.69) is 0 Å². The van der Waals surface area contributed by atoms with Crippen LogP contribution in [0.25, 0.3) is 0 Å². The number of hydrogen-bond donors (Lipinski definition) is 1. The third-order valence-electron chi connectivity index (χ3n) is 3.56. The molecule has 0 amide bonds. The highest BCUT2D eigenvalue weighted by atomic mass is 19.4. The van der Waals surface area contributed by atoms with E-state index in [1.807, 2.05) is 6.92 Å². The first-order valence-corrected chi connectivity index (χ1v) is 7.41. The molecule has 0 fully saturated rings. The summed E-state index contributed by atoms with van der Waals surface area (Å²) in [7, 11) is 0. The zero-order chi connectivity index (χ0) is 17.7. The van der Waals surface area contributed by atoms with Crippen molar-refractivity contribution in [1.82, 2.24) is 0 Å². The van der Waals surface area contributed by atoms with Gasteiger partial charge >= 0.3 is 6.18 Å². The van der Waals surface area contributed by atoms with Crippen LogP contribution in [0.2, 0.25) is 0 Å². The second kappa shape index (κ2) is 7.49. The average Bonchev–Trinajstić information content (AvgIpc) is 2.58. The van der Waals surface area contributed by atoms with Gasteiger partial charge in [0.05, 0.1) is 5.56 Å². The predicted octanol–water partition coefficient (Wildman–Crippen LogP) is 4.02. The first-order valence-electron chi connectivity index (χ1n) is 7.41. The molecule has 0 saturated carbocycles. The molecule has 0 aliphatic carbocycles. The molecule has 0 heterocycles. The van der Waals surface area contributed by atoms with Gasteiger partial charge < -0.3 is 9.84 Å². The summed E-state index contributed by atoms with van der Waals surface area (Å²) in [5, 5.41) is 8.89. The molecule has 2 aromatic carbocycles. The number of ether oxygens (including phenoxy) is 1. The molecule has 1 N–H and O–H groups in total. The van der Waals surface area contributed by atoms with E-state index in [9.17, 15) is 18.0 Å². The Morgan fingerprint density at radius 1 is 1.17 bits per heavy atom. The second-order valence-corrected chi connectivity index (χ2v) is 5.24. The zero-order valence-corrected chi connectivity index (χ0v) is 13.1. The number of halogens is 3. The average molecular weight is 338 g/mol. The van der Waals surface area contributed by atoms with Crippen LogP contribution in [-0.4, -0.2) is 17.5 Å². The Kier molecular flexibility index (Phi) is 5.62. The smallest absolute Gasteiger partial charge is 0.416 e. The minimum absolute atomic E-state index is 0.00971. The molecular formula is C18H17F3O3. The van der Waals surface area contributed by atoms with Gasteiger partial charge in [-0.3, -0.25) is 4.79 Å². The van der Waals surface area contributed by atoms with Crippen molar-refractivity contribution in [2.45, 2.75) is 26.1 Å². The van der Waals surface area contributed by atoms with Gasteiger partial charge in [-0.05, 0) is 47.9 Å². The van der Waals surface area contributed by atoms with E-state index in [0.29, 0.717) is 23.3 Å². The number of Topliss-reactive ketones (excluding diaryl/α,β-unsaturated/α-hetero) is 1. The van der Waals surface area contributed by atoms with E-state index in [0.717, 1.165) is 17.7 Å². The summed E-state index contributed by atoms with van der Waals surface area (Å²) >= 11 is 0. The summed E-state index contributed by atoms with van der Waals surface area (Å²) < 4.78 is 43.7. The number of aliphatic hydroxyl groups is 1. The molecule has 0 aromatic heterocycles. The number of hydrogen-bond acceptors (Lipinski definition) is 3. The third-order valence-corrected chi connectivity index (χ3v) is 3.56. The minimum Gasteiger partial charge on any atom is -0.489 e. The van der Waals surface area contributed by atoms with Crippen molar-refractivity contribution in [2.24, 2.45) is 0 Å². The largest absolute Gasteiger partial charge is 0.489 e. The third kappa shape index (κ3) is 4.35. The summed E-state index contributed by atoms with van der Waals surface area (Å²) in [6.07, 6.45) is -3.80. The van der Waals surface area contributed by atoms with Gasteiger partial charge in [0.25, 0.3) is 0 Å². The molecule has 0 aliphatic heterocycles. The van der Waals surface area contributed by atoms with Crippen LogP contribution in [0.4, 0.5) is 13.2 Å². The lowest BCUT2D eigenvalue weighted by Crippen LogP contribution is -2.07. The normalized spacial score (nSPS) is 11.4. The monoisotopic (exact) mass is 338 g/mol. The second-order valence-electron chi connectivity index (χ2n) is 5.24. The summed E-state index contributed by atoms with van der Waals surface area (Å²) in [4.78, 5) is 11.5. The van der Waals surface area contributed by atoms with Crippen molar-refractivity contribution in [3.8, 4) is 5.75 Å². The Balaban J connectivity index is 2.16. The molecule has 24 heavy (non-hydrogen) atoms. The van der Waals surface area contributed by atoms with Crippen LogP contribution in [-0.2, 0) is 19.2 Å². The maximum Gasteiger partial charge on any atom is 0.416 e. The lowest BCUT2D eigenvalue weighted by molar-refractivity contribution is -0.137. The Morgan fingerprint density at radius 3 is 2.54 bits per heavy atom. The van der Waals surface area contributed by atoms with Crippen LogP contribution < -0.4 is 4.74 Å². The standard InChI is InChI=1S/C18H17F3O3/c1-2-13-9-14(16(23)10-22)6-7-17(13)24-11-12-4-3-5-15(8-12)18(19,20)21/h3-9,22H,2,10-11H2,1H3. The van der Waals surface area contributed by atoms with Crippen LogP contribution in [0.5, 0.6) is 5.75 Å². The highest BCUT2D eigenvalue weighted by Crippen LogP contribution is 2.30. The van der Waals surface area contributed by atoms with E-state index >= 15 is 0 Å². The van der Waals surface area contributed by atoms with Gasteiger partial charge in [-0.2, -0.15) is 13.2 Å². The number of rotatable bonds is 6. The quantitative estimate of drug-likeness (QED) is 0.809. The van der Waals surface area contributed by atoms with Crippen molar-refractivity contribution in [1.29, 1.82) is 0 Å². The van der Waals surface area contributed by atoms with Crippen molar-refractivity contribution in [3.05, 3.63) is 64.7 Å². The predicted molar refractivity (Wildman–Crippen MR) is 83.0 cm³/mol. The Bertz CT molecular complexity index is 724. The summed E-state index contributed by atoms with van der Waals surface area (Å²) in [6, 6.07) is 9.70. The molecule has 0 bridgehead atoms. The fraction of sp³-hybridized carbons (Fsp3) is 0.278. The minimum atomic E-state index is -4.39. The van der Waals surface area contributed by atoms with Crippen LogP contribution in [0.15, 0.2) is 42.5 Å². The summed E-state index contributed by atoms with van der Waals surface area (Å²) in [5.41, 5.74) is 0.813. The van der Waals surface area contributed by atoms with E-state index in [1.165, 1.54) is 12.1 Å². The molecule has 2 rings (SSSR count). The number of alkyl halides is 3. The Hall–Kier alpha value is -2.34. The SMILES string of the molecule is CCc1cc(C(=O)CO)ccc1OCc1cccc(C(F)(F)F)c1. The Morgan fingerprint density at radius 2 is 1.92 bits per heavy atom. The number of aryl methyl sites for hydroxylation is 1. The van der Waals surface area contributed by atoms with Gasteiger partial charge in [0.2, 0.25) is 0 Å². The summed E-state index contributed by atoms with van der Waals surface area (Å²) in [6.45, 7) is 1.29. The van der Waals surface area contributed by atoms with Gasteiger partial charge in [0.1, 0.15) is 19.0 Å². The fourth-order valence-corrected chi connectivity index (χ4v) is 2.26. The topological polar surface area (TPSA) is 46.5 Å². The number of aliphatic hydroxyl groups excluding tert-OH is 1. The molecule has 0 radical (unpaired) electrons. The van der Waals surface area contributed by atoms with E-state index < -0.39 is 24.1 Å². The van der Waals surface area contributed by atoms with Crippen molar-refractivity contribution in [3.63, 3.8) is 0 Å². The molecule has 0 saturated heterocycles. The van der Waals surface area contributed by atoms with Crippen LogP contribution in [0.1, 0.15) is 34.0 Å². The number of carbonyl (C=O) groups is 1. The fourth-order valence-electron chi connectivity index (χ4n) is 2.26. The first kappa shape index (κ1) is 18.0. The molecular weight excluding hydrogens is 321 g/mol. The number of benzene rings is 2. The van der Waals surface area contributed by atoms with Gasteiger partial charge in [-0.15, -0.1) is 0 Å². The lowest BCUT2D eigenvalue weighted by atomic mass is 10.0. The van der Waals surface area contributed by atoms with Crippen molar-refractivity contribution < 1.29 is 27.8 Å². The molecule has 6 heteroatoms. The van der Waals surface area contributed by atoms with Crippen LogP contribution in [0.3, 0.4) is 0 Å². The van der Waals surface area contributed by atoms with E-state index in [-0.39, 0.29) is 6.61 Å². The molecule has 3 nitrogen and oxygen atoms in total. The van der Waals surface area contributed by atoms with Gasteiger partial charge in [-0.25, -0.2) is 0 Å². The molecule has 0 unspecified atom stereocenters. The maximum absolute atomic E-state index is 12.7. The summed E-state index contributed by atoms with van der Waals surface area (Å²) in [5.74, 6) is 0.110.